The van der Waals surface area contributed by atoms with E-state index in [0.29, 0.717) is 5.92 Å². The van der Waals surface area contributed by atoms with E-state index >= 15 is 0 Å². The average molecular weight is 284 g/mol. The minimum atomic E-state index is 0.699. The highest BCUT2D eigenvalue weighted by Crippen LogP contribution is 2.18. The Labute approximate surface area is 122 Å². The van der Waals surface area contributed by atoms with Gasteiger partial charge in [0.1, 0.15) is 5.82 Å². The number of hydrogen-bond donors (Lipinski definition) is 1. The maximum Gasteiger partial charge on any atom is 0.126 e. The number of nitrogens with one attached hydrogen (secondary N) is 1. The monoisotopic (exact) mass is 283 g/mol. The lowest BCUT2D eigenvalue weighted by Crippen LogP contribution is -2.24. The molecule has 19 heavy (non-hydrogen) atoms. The molecule has 108 valence electrons. The molecule has 1 atom stereocenters. The van der Waals surface area contributed by atoms with E-state index in [1.54, 1.807) is 0 Å². The third-order valence-corrected chi connectivity index (χ3v) is 3.56. The second-order valence-corrected chi connectivity index (χ2v) is 5.67. The average Bonchev–Trinajstić information content (AvgIpc) is 2.39. The Hall–Kier alpha value is -0.800. The van der Waals surface area contributed by atoms with Crippen molar-refractivity contribution in [2.24, 2.45) is 5.92 Å². The number of anilines is 1. The van der Waals surface area contributed by atoms with Gasteiger partial charge in [-0.15, -0.1) is 0 Å². The van der Waals surface area contributed by atoms with Gasteiger partial charge in [0.2, 0.25) is 0 Å². The van der Waals surface area contributed by atoms with E-state index in [4.69, 9.17) is 11.6 Å². The topological polar surface area (TPSA) is 28.2 Å². The molecule has 0 fully saturated rings. The Balaban J connectivity index is 2.65. The number of pyridine rings is 1. The van der Waals surface area contributed by atoms with E-state index in [2.05, 4.69) is 43.0 Å². The third kappa shape index (κ3) is 5.79. The lowest BCUT2D eigenvalue weighted by molar-refractivity contribution is 0.272. The van der Waals surface area contributed by atoms with Gasteiger partial charge < -0.3 is 10.2 Å². The number of aromatic nitrogens is 1. The molecule has 0 aliphatic carbocycles. The number of hydrogen-bond acceptors (Lipinski definition) is 3. The van der Waals surface area contributed by atoms with Gasteiger partial charge in [-0.05, 0) is 31.5 Å². The van der Waals surface area contributed by atoms with Crippen LogP contribution in [0, 0.1) is 5.92 Å². The van der Waals surface area contributed by atoms with Crippen molar-refractivity contribution in [1.82, 2.24) is 9.88 Å². The van der Waals surface area contributed by atoms with Crippen LogP contribution in [0.15, 0.2) is 12.1 Å². The zero-order valence-corrected chi connectivity index (χ0v) is 13.3. The van der Waals surface area contributed by atoms with Crippen LogP contribution in [0.3, 0.4) is 0 Å². The van der Waals surface area contributed by atoms with Crippen molar-refractivity contribution in [2.45, 2.75) is 40.2 Å². The predicted molar refractivity (Wildman–Crippen MR) is 83.8 cm³/mol. The van der Waals surface area contributed by atoms with Crippen LogP contribution in [0.1, 0.15) is 39.3 Å². The van der Waals surface area contributed by atoms with Crippen LogP contribution in [0.4, 0.5) is 5.82 Å². The summed E-state index contributed by atoms with van der Waals surface area (Å²) in [6.45, 7) is 9.44. The summed E-state index contributed by atoms with van der Waals surface area (Å²) in [5.74, 6) is 1.61. The molecular weight excluding hydrogens is 258 g/mol. The van der Waals surface area contributed by atoms with Gasteiger partial charge in [0.15, 0.2) is 0 Å². The Kier molecular flexibility index (Phi) is 7.17. The summed E-state index contributed by atoms with van der Waals surface area (Å²) in [5.41, 5.74) is 0.952. The summed E-state index contributed by atoms with van der Waals surface area (Å²) in [7, 11) is 2.12. The summed E-state index contributed by atoms with van der Waals surface area (Å²) in [4.78, 5) is 6.88. The maximum atomic E-state index is 6.23. The Morgan fingerprint density at radius 1 is 1.37 bits per heavy atom. The van der Waals surface area contributed by atoms with E-state index in [1.165, 1.54) is 6.42 Å². The third-order valence-electron chi connectivity index (χ3n) is 3.21. The van der Waals surface area contributed by atoms with Gasteiger partial charge in [0.05, 0.1) is 10.7 Å². The van der Waals surface area contributed by atoms with Gasteiger partial charge in [0.25, 0.3) is 0 Å². The Morgan fingerprint density at radius 2 is 2.11 bits per heavy atom. The molecule has 3 nitrogen and oxygen atoms in total. The standard InChI is InChI=1S/C15H26ClN3/c1-5-9-17-15-8-7-13(16)14(18-15)11-19(4)10-12(3)6-2/h7-8,12H,5-6,9-11H2,1-4H3,(H,17,18). The zero-order chi connectivity index (χ0) is 14.3. The van der Waals surface area contributed by atoms with E-state index in [-0.39, 0.29) is 0 Å². The SMILES string of the molecule is CCCNc1ccc(Cl)c(CN(C)CC(C)CC)n1. The van der Waals surface area contributed by atoms with Crippen LogP contribution in [-0.4, -0.2) is 30.0 Å². The molecular formula is C15H26ClN3. The number of nitrogens with zero attached hydrogens (tertiary/aromatic N) is 2. The van der Waals surface area contributed by atoms with Gasteiger partial charge >= 0.3 is 0 Å². The lowest BCUT2D eigenvalue weighted by Gasteiger charge is -2.20. The molecule has 0 saturated heterocycles. The summed E-state index contributed by atoms with van der Waals surface area (Å²) in [6.07, 6.45) is 2.29. The highest BCUT2D eigenvalue weighted by molar-refractivity contribution is 6.31. The molecule has 1 heterocycles. The smallest absolute Gasteiger partial charge is 0.126 e. The normalized spacial score (nSPS) is 12.7. The molecule has 1 rings (SSSR count). The highest BCUT2D eigenvalue weighted by atomic mass is 35.5. The van der Waals surface area contributed by atoms with Crippen LogP contribution in [0.5, 0.6) is 0 Å². The van der Waals surface area contributed by atoms with Crippen molar-refractivity contribution < 1.29 is 0 Å². The second kappa shape index (κ2) is 8.39. The molecule has 1 aromatic heterocycles. The molecule has 1 aromatic rings. The molecule has 0 radical (unpaired) electrons. The summed E-state index contributed by atoms with van der Waals surface area (Å²) in [6, 6.07) is 3.87. The lowest BCUT2D eigenvalue weighted by atomic mass is 10.1. The van der Waals surface area contributed by atoms with Gasteiger partial charge in [-0.25, -0.2) is 4.98 Å². The largest absolute Gasteiger partial charge is 0.370 e. The van der Waals surface area contributed by atoms with Gasteiger partial charge in [-0.2, -0.15) is 0 Å². The van der Waals surface area contributed by atoms with E-state index < -0.39 is 0 Å². The maximum absolute atomic E-state index is 6.23. The fourth-order valence-corrected chi connectivity index (χ4v) is 2.09. The van der Waals surface area contributed by atoms with Crippen molar-refractivity contribution in [3.05, 3.63) is 22.8 Å². The fourth-order valence-electron chi connectivity index (χ4n) is 1.93. The highest BCUT2D eigenvalue weighted by Gasteiger charge is 2.09. The molecule has 0 saturated carbocycles. The second-order valence-electron chi connectivity index (χ2n) is 5.26. The first-order chi connectivity index (χ1) is 9.06. The quantitative estimate of drug-likeness (QED) is 0.781. The molecule has 1 unspecified atom stereocenters. The van der Waals surface area contributed by atoms with Crippen molar-refractivity contribution in [2.75, 3.05) is 25.5 Å². The molecule has 4 heteroatoms. The molecule has 0 spiro atoms. The van der Waals surface area contributed by atoms with Crippen molar-refractivity contribution in [3.63, 3.8) is 0 Å². The molecule has 0 aliphatic heterocycles. The van der Waals surface area contributed by atoms with Crippen molar-refractivity contribution >= 4 is 17.4 Å². The molecule has 0 aliphatic rings. The fraction of sp³-hybridized carbons (Fsp3) is 0.667. The van der Waals surface area contributed by atoms with Crippen LogP contribution in [-0.2, 0) is 6.54 Å². The molecule has 0 bridgehead atoms. The van der Waals surface area contributed by atoms with Gasteiger partial charge in [0, 0.05) is 19.6 Å². The van der Waals surface area contributed by atoms with Crippen LogP contribution in [0.2, 0.25) is 5.02 Å². The minimum Gasteiger partial charge on any atom is -0.370 e. The molecule has 1 N–H and O–H groups in total. The summed E-state index contributed by atoms with van der Waals surface area (Å²) >= 11 is 6.23. The van der Waals surface area contributed by atoms with Crippen molar-refractivity contribution in [3.8, 4) is 0 Å². The first-order valence-corrected chi connectivity index (χ1v) is 7.52. The zero-order valence-electron chi connectivity index (χ0n) is 12.5. The van der Waals surface area contributed by atoms with Gasteiger partial charge in [-0.3, -0.25) is 0 Å². The number of rotatable bonds is 8. The summed E-state index contributed by atoms with van der Waals surface area (Å²) in [5, 5.41) is 4.05. The van der Waals surface area contributed by atoms with E-state index in [9.17, 15) is 0 Å². The first-order valence-electron chi connectivity index (χ1n) is 7.14. The van der Waals surface area contributed by atoms with Crippen LogP contribution in [0.25, 0.3) is 0 Å². The molecule has 0 amide bonds. The van der Waals surface area contributed by atoms with E-state index in [0.717, 1.165) is 42.6 Å². The van der Waals surface area contributed by atoms with Crippen molar-refractivity contribution in [1.29, 1.82) is 0 Å². The van der Waals surface area contributed by atoms with Crippen LogP contribution < -0.4 is 5.32 Å². The van der Waals surface area contributed by atoms with E-state index in [1.807, 2.05) is 12.1 Å². The van der Waals surface area contributed by atoms with Gasteiger partial charge in [-0.1, -0.05) is 38.8 Å². The summed E-state index contributed by atoms with van der Waals surface area (Å²) < 4.78 is 0. The predicted octanol–water partition coefficient (Wildman–Crippen LogP) is 4.03. The Morgan fingerprint density at radius 3 is 2.74 bits per heavy atom. The molecule has 0 aromatic carbocycles. The Bertz CT molecular complexity index is 382. The van der Waals surface area contributed by atoms with Crippen LogP contribution >= 0.6 is 11.6 Å². The minimum absolute atomic E-state index is 0.699. The number of halogens is 1. The first kappa shape index (κ1) is 16.3.